The van der Waals surface area contributed by atoms with Crippen molar-refractivity contribution in [3.8, 4) is 6.07 Å². The Hall–Kier alpha value is -1.93. The zero-order valence-electron chi connectivity index (χ0n) is 9.74. The molecule has 0 radical (unpaired) electrons. The Labute approximate surface area is 99.2 Å². The van der Waals surface area contributed by atoms with Crippen LogP contribution in [0.1, 0.15) is 11.1 Å². The minimum atomic E-state index is -0.535. The molecule has 1 aromatic carbocycles. The molecule has 0 N–H and O–H groups in total. The highest BCUT2D eigenvalue weighted by Crippen LogP contribution is 2.11. The number of halogens is 1. The van der Waals surface area contributed by atoms with E-state index in [-0.39, 0.29) is 18.1 Å². The lowest BCUT2D eigenvalue weighted by atomic mass is 10.1. The summed E-state index contributed by atoms with van der Waals surface area (Å²) < 4.78 is 17.6. The smallest absolute Gasteiger partial charge is 0.319 e. The normalized spacial score (nSPS) is 10.1. The first-order chi connectivity index (χ1) is 8.06. The van der Waals surface area contributed by atoms with Gasteiger partial charge in [-0.2, -0.15) is 5.26 Å². The molecule has 90 valence electrons. The van der Waals surface area contributed by atoms with Gasteiger partial charge >= 0.3 is 5.97 Å². The molecule has 0 bridgehead atoms. The molecule has 0 aromatic heterocycles. The highest BCUT2D eigenvalue weighted by molar-refractivity contribution is 5.71. The van der Waals surface area contributed by atoms with E-state index in [1.54, 1.807) is 24.1 Å². The van der Waals surface area contributed by atoms with Crippen molar-refractivity contribution in [2.24, 2.45) is 0 Å². The Kier molecular flexibility index (Phi) is 4.61. The highest BCUT2D eigenvalue weighted by atomic mass is 19.1. The van der Waals surface area contributed by atoms with Crippen LogP contribution in [0.5, 0.6) is 0 Å². The first kappa shape index (κ1) is 13.1. The molecule has 4 nitrogen and oxygen atoms in total. The van der Waals surface area contributed by atoms with Crippen LogP contribution in [-0.2, 0) is 16.1 Å². The second kappa shape index (κ2) is 5.97. The van der Waals surface area contributed by atoms with Crippen LogP contribution in [-0.4, -0.2) is 31.6 Å². The van der Waals surface area contributed by atoms with E-state index in [1.165, 1.54) is 19.2 Å². The number of carbonyl (C=O) groups is 1. The van der Waals surface area contributed by atoms with E-state index in [2.05, 4.69) is 4.74 Å². The van der Waals surface area contributed by atoms with Gasteiger partial charge in [-0.15, -0.1) is 0 Å². The first-order valence-corrected chi connectivity index (χ1v) is 5.00. The van der Waals surface area contributed by atoms with Crippen molar-refractivity contribution in [2.45, 2.75) is 6.54 Å². The number of hydrogen-bond acceptors (Lipinski definition) is 4. The molecule has 0 saturated heterocycles. The molecule has 0 atom stereocenters. The fourth-order valence-electron chi connectivity index (χ4n) is 1.41. The number of nitrogens with zero attached hydrogens (tertiary/aromatic N) is 2. The van der Waals surface area contributed by atoms with Gasteiger partial charge in [-0.3, -0.25) is 9.69 Å². The van der Waals surface area contributed by atoms with Gasteiger partial charge in [0.05, 0.1) is 19.2 Å². The Morgan fingerprint density at radius 2 is 2.29 bits per heavy atom. The zero-order valence-corrected chi connectivity index (χ0v) is 9.74. The summed E-state index contributed by atoms with van der Waals surface area (Å²) >= 11 is 0. The summed E-state index contributed by atoms with van der Waals surface area (Å²) in [5.41, 5.74) is 0.781. The van der Waals surface area contributed by atoms with Gasteiger partial charge in [0.2, 0.25) is 0 Å². The van der Waals surface area contributed by atoms with Gasteiger partial charge in [-0.05, 0) is 24.7 Å². The van der Waals surface area contributed by atoms with Crippen LogP contribution in [0.4, 0.5) is 4.39 Å². The molecule has 0 aliphatic rings. The fourth-order valence-corrected chi connectivity index (χ4v) is 1.41. The van der Waals surface area contributed by atoms with Crippen LogP contribution >= 0.6 is 0 Å². The molecule has 1 rings (SSSR count). The van der Waals surface area contributed by atoms with Gasteiger partial charge in [-0.25, -0.2) is 4.39 Å². The highest BCUT2D eigenvalue weighted by Gasteiger charge is 2.08. The van der Waals surface area contributed by atoms with Gasteiger partial charge in [0.25, 0.3) is 0 Å². The van der Waals surface area contributed by atoms with Crippen molar-refractivity contribution in [3.63, 3.8) is 0 Å². The quantitative estimate of drug-likeness (QED) is 0.739. The standard InChI is InChI=1S/C12H13FN2O2/c1-15(8-12(16)17-2)7-9-3-4-11(13)10(5-9)6-14/h3-5H,7-8H2,1-2H3. The third-order valence-corrected chi connectivity index (χ3v) is 2.23. The largest absolute Gasteiger partial charge is 0.468 e. The van der Waals surface area contributed by atoms with Crippen LogP contribution < -0.4 is 0 Å². The van der Waals surface area contributed by atoms with E-state index in [0.717, 1.165) is 5.56 Å². The second-order valence-electron chi connectivity index (χ2n) is 3.67. The molecule has 0 heterocycles. The minimum Gasteiger partial charge on any atom is -0.468 e. The predicted octanol–water partition coefficient (Wildman–Crippen LogP) is 1.30. The number of rotatable bonds is 4. The van der Waals surface area contributed by atoms with E-state index in [9.17, 15) is 9.18 Å². The average Bonchev–Trinajstić information content (AvgIpc) is 2.31. The number of hydrogen-bond donors (Lipinski definition) is 0. The molecule has 0 aliphatic heterocycles. The topological polar surface area (TPSA) is 53.3 Å². The number of likely N-dealkylation sites (N-methyl/N-ethyl adjacent to an activating group) is 1. The van der Waals surface area contributed by atoms with Crippen LogP contribution in [0.15, 0.2) is 18.2 Å². The van der Waals surface area contributed by atoms with Crippen molar-refractivity contribution < 1.29 is 13.9 Å². The molecule has 17 heavy (non-hydrogen) atoms. The Balaban J connectivity index is 2.69. The molecular formula is C12H13FN2O2. The average molecular weight is 236 g/mol. The molecule has 1 aromatic rings. The lowest BCUT2D eigenvalue weighted by Crippen LogP contribution is -2.26. The van der Waals surface area contributed by atoms with E-state index in [4.69, 9.17) is 5.26 Å². The van der Waals surface area contributed by atoms with Crippen molar-refractivity contribution in [1.82, 2.24) is 4.90 Å². The van der Waals surface area contributed by atoms with E-state index in [0.29, 0.717) is 6.54 Å². The lowest BCUT2D eigenvalue weighted by molar-refractivity contribution is -0.141. The molecule has 0 saturated carbocycles. The maximum absolute atomic E-state index is 13.1. The third-order valence-electron chi connectivity index (χ3n) is 2.23. The molecule has 0 spiro atoms. The Bertz CT molecular complexity index is 454. The molecule has 0 unspecified atom stereocenters. The van der Waals surface area contributed by atoms with Crippen molar-refractivity contribution in [3.05, 3.63) is 35.1 Å². The molecule has 0 fully saturated rings. The summed E-state index contributed by atoms with van der Waals surface area (Å²) in [4.78, 5) is 12.7. The minimum absolute atomic E-state index is 0.00830. The molecule has 0 aliphatic carbocycles. The SMILES string of the molecule is COC(=O)CN(C)Cc1ccc(F)c(C#N)c1. The summed E-state index contributed by atoms with van der Waals surface area (Å²) in [6, 6.07) is 6.09. The molecule has 5 heteroatoms. The Morgan fingerprint density at radius 3 is 2.88 bits per heavy atom. The second-order valence-corrected chi connectivity index (χ2v) is 3.67. The summed E-state index contributed by atoms with van der Waals surface area (Å²) in [6.07, 6.45) is 0. The summed E-state index contributed by atoms with van der Waals surface area (Å²) in [5.74, 6) is -0.873. The zero-order chi connectivity index (χ0) is 12.8. The predicted molar refractivity (Wildman–Crippen MR) is 59.5 cm³/mol. The van der Waals surface area contributed by atoms with Gasteiger partial charge in [0, 0.05) is 6.54 Å². The number of esters is 1. The fraction of sp³-hybridized carbons (Fsp3) is 0.333. The molecular weight excluding hydrogens is 223 g/mol. The van der Waals surface area contributed by atoms with Gasteiger partial charge < -0.3 is 4.74 Å². The maximum Gasteiger partial charge on any atom is 0.319 e. The summed E-state index contributed by atoms with van der Waals surface area (Å²) in [6.45, 7) is 0.597. The van der Waals surface area contributed by atoms with E-state index >= 15 is 0 Å². The van der Waals surface area contributed by atoms with Gasteiger partial charge in [0.15, 0.2) is 0 Å². The summed E-state index contributed by atoms with van der Waals surface area (Å²) in [7, 11) is 3.06. The Morgan fingerprint density at radius 1 is 1.59 bits per heavy atom. The van der Waals surface area contributed by atoms with Crippen molar-refractivity contribution in [1.29, 1.82) is 5.26 Å². The number of methoxy groups -OCH3 is 1. The maximum atomic E-state index is 13.1. The third kappa shape index (κ3) is 3.85. The van der Waals surface area contributed by atoms with Gasteiger partial charge in [-0.1, -0.05) is 6.07 Å². The number of ether oxygens (including phenoxy) is 1. The van der Waals surface area contributed by atoms with Crippen LogP contribution in [0.2, 0.25) is 0 Å². The molecule has 0 amide bonds. The van der Waals surface area contributed by atoms with Crippen molar-refractivity contribution >= 4 is 5.97 Å². The van der Waals surface area contributed by atoms with Crippen molar-refractivity contribution in [2.75, 3.05) is 20.7 Å². The van der Waals surface area contributed by atoms with E-state index < -0.39 is 5.82 Å². The van der Waals surface area contributed by atoms with E-state index in [1.807, 2.05) is 0 Å². The number of benzene rings is 1. The van der Waals surface area contributed by atoms with Crippen LogP contribution in [0, 0.1) is 17.1 Å². The number of nitriles is 1. The number of carbonyl (C=O) groups excluding carboxylic acids is 1. The van der Waals surface area contributed by atoms with Gasteiger partial charge in [0.1, 0.15) is 11.9 Å². The lowest BCUT2D eigenvalue weighted by Gasteiger charge is -2.15. The summed E-state index contributed by atoms with van der Waals surface area (Å²) in [5, 5.41) is 8.68. The first-order valence-electron chi connectivity index (χ1n) is 5.00. The van der Waals surface area contributed by atoms with Crippen LogP contribution in [0.3, 0.4) is 0 Å². The van der Waals surface area contributed by atoms with Crippen LogP contribution in [0.25, 0.3) is 0 Å². The monoisotopic (exact) mass is 236 g/mol.